The van der Waals surface area contributed by atoms with E-state index in [9.17, 15) is 4.79 Å². The third-order valence-corrected chi connectivity index (χ3v) is 6.05. The Hall–Kier alpha value is -3.90. The molecule has 0 spiro atoms. The van der Waals surface area contributed by atoms with Crippen LogP contribution in [0.4, 0.5) is 0 Å². The molecule has 0 radical (unpaired) electrons. The zero-order valence-corrected chi connectivity index (χ0v) is 19.1. The number of aromatic nitrogens is 1. The summed E-state index contributed by atoms with van der Waals surface area (Å²) < 4.78 is 12.0. The molecule has 0 saturated heterocycles. The molecular weight excluding hydrogens is 426 g/mol. The molecule has 0 bridgehead atoms. The van der Waals surface area contributed by atoms with Gasteiger partial charge in [0.05, 0.1) is 19.2 Å². The zero-order valence-electron chi connectivity index (χ0n) is 19.1. The van der Waals surface area contributed by atoms with Crippen molar-refractivity contribution in [3.63, 3.8) is 0 Å². The highest BCUT2D eigenvalue weighted by atomic mass is 16.5. The smallest absolute Gasteiger partial charge is 0.234 e. The fraction of sp³-hybridized carbons (Fsp3) is 0.214. The number of rotatable bonds is 6. The van der Waals surface area contributed by atoms with Gasteiger partial charge in [-0.25, -0.2) is 0 Å². The first-order chi connectivity index (χ1) is 16.7. The third-order valence-electron chi connectivity index (χ3n) is 6.05. The summed E-state index contributed by atoms with van der Waals surface area (Å²) in [6.07, 6.45) is 1.56. The fourth-order valence-corrected chi connectivity index (χ4v) is 4.37. The molecule has 0 unspecified atom stereocenters. The van der Waals surface area contributed by atoms with E-state index in [-0.39, 0.29) is 18.6 Å². The first kappa shape index (κ1) is 21.9. The van der Waals surface area contributed by atoms with Crippen LogP contribution in [0.3, 0.4) is 0 Å². The molecule has 6 heteroatoms. The molecule has 1 aliphatic rings. The molecule has 0 saturated carbocycles. The average Bonchev–Trinajstić information content (AvgIpc) is 3.06. The van der Waals surface area contributed by atoms with Crippen LogP contribution in [0.25, 0.3) is 10.9 Å². The van der Waals surface area contributed by atoms with E-state index in [0.717, 1.165) is 39.1 Å². The van der Waals surface area contributed by atoms with E-state index in [0.29, 0.717) is 19.6 Å². The Kier molecular flexibility index (Phi) is 6.40. The van der Waals surface area contributed by atoms with Gasteiger partial charge in [0.15, 0.2) is 0 Å². The number of hydrogen-bond acceptors (Lipinski definition) is 5. The van der Waals surface area contributed by atoms with Crippen molar-refractivity contribution in [1.29, 1.82) is 0 Å². The number of methoxy groups -OCH3 is 1. The van der Waals surface area contributed by atoms with Crippen LogP contribution in [-0.2, 0) is 17.9 Å². The van der Waals surface area contributed by atoms with Gasteiger partial charge < -0.3 is 14.8 Å². The summed E-state index contributed by atoms with van der Waals surface area (Å²) in [6.45, 7) is 1.91. The lowest BCUT2D eigenvalue weighted by Gasteiger charge is -2.24. The van der Waals surface area contributed by atoms with Gasteiger partial charge in [-0.2, -0.15) is 0 Å². The Morgan fingerprint density at radius 1 is 1.09 bits per heavy atom. The number of nitrogens with one attached hydrogen (secondary N) is 1. The van der Waals surface area contributed by atoms with E-state index >= 15 is 0 Å². The monoisotopic (exact) mass is 453 g/mol. The first-order valence-corrected chi connectivity index (χ1v) is 11.4. The van der Waals surface area contributed by atoms with Gasteiger partial charge in [-0.1, -0.05) is 54.6 Å². The van der Waals surface area contributed by atoms with Crippen molar-refractivity contribution in [1.82, 2.24) is 15.2 Å². The van der Waals surface area contributed by atoms with Crippen molar-refractivity contribution in [2.75, 3.05) is 20.2 Å². The molecule has 6 nitrogen and oxygen atoms in total. The molecule has 2 heterocycles. The van der Waals surface area contributed by atoms with Crippen LogP contribution >= 0.6 is 0 Å². The second-order valence-corrected chi connectivity index (χ2v) is 8.44. The first-order valence-electron chi connectivity index (χ1n) is 11.4. The molecule has 1 aliphatic heterocycles. The lowest BCUT2D eigenvalue weighted by atomic mass is 10.1. The van der Waals surface area contributed by atoms with E-state index in [2.05, 4.69) is 21.3 Å². The van der Waals surface area contributed by atoms with Crippen molar-refractivity contribution < 1.29 is 14.3 Å². The predicted molar refractivity (Wildman–Crippen MR) is 132 cm³/mol. The molecule has 1 N–H and O–H groups in total. The molecule has 172 valence electrons. The summed E-state index contributed by atoms with van der Waals surface area (Å²) in [5.41, 5.74) is 3.95. The van der Waals surface area contributed by atoms with E-state index < -0.39 is 0 Å². The molecule has 0 aliphatic carbocycles. The zero-order chi connectivity index (χ0) is 23.3. The van der Waals surface area contributed by atoms with Gasteiger partial charge >= 0.3 is 0 Å². The molecular formula is C28H27N3O3. The lowest BCUT2D eigenvalue weighted by Crippen LogP contribution is -2.38. The molecule has 5 rings (SSSR count). The van der Waals surface area contributed by atoms with Crippen LogP contribution in [0.1, 0.15) is 22.8 Å². The maximum Gasteiger partial charge on any atom is 0.234 e. The Labute approximate surface area is 199 Å². The minimum Gasteiger partial charge on any atom is -0.496 e. The Bertz CT molecular complexity index is 1310. The van der Waals surface area contributed by atoms with Gasteiger partial charge in [-0.15, -0.1) is 0 Å². The van der Waals surface area contributed by atoms with Gasteiger partial charge in [0.25, 0.3) is 0 Å². The molecule has 34 heavy (non-hydrogen) atoms. The fourth-order valence-electron chi connectivity index (χ4n) is 4.37. The maximum atomic E-state index is 12.9. The standard InChI is InChI=1S/C28H27N3O3/c1-33-26-13-7-4-10-23(26)27-18-31(17-22-9-3-6-12-25(22)34-27)19-28(32)30-16-20-14-21-8-2-5-11-24(21)29-15-20/h2-15,27H,16-19H2,1H3,(H,30,32)/t27-/m0/s1. The van der Waals surface area contributed by atoms with Crippen LogP contribution in [0, 0.1) is 0 Å². The molecule has 1 amide bonds. The summed E-state index contributed by atoms with van der Waals surface area (Å²) in [5, 5.41) is 4.11. The summed E-state index contributed by atoms with van der Waals surface area (Å²) >= 11 is 0. The number of fused-ring (bicyclic) bond motifs is 2. The highest BCUT2D eigenvalue weighted by Gasteiger charge is 2.27. The number of carbonyl (C=O) groups excluding carboxylic acids is 1. The second-order valence-electron chi connectivity index (χ2n) is 8.44. The number of nitrogens with zero attached hydrogens (tertiary/aromatic N) is 2. The van der Waals surface area contributed by atoms with E-state index in [1.807, 2.05) is 79.0 Å². The molecule has 0 fully saturated rings. The minimum atomic E-state index is -0.253. The van der Waals surface area contributed by atoms with Gasteiger partial charge in [-0.05, 0) is 29.8 Å². The Morgan fingerprint density at radius 2 is 1.88 bits per heavy atom. The molecule has 1 aromatic heterocycles. The van der Waals surface area contributed by atoms with Gasteiger partial charge in [0.2, 0.25) is 5.91 Å². The number of para-hydroxylation sites is 3. The Balaban J connectivity index is 1.30. The number of pyridine rings is 1. The summed E-state index contributed by atoms with van der Waals surface area (Å²) in [6, 6.07) is 25.9. The van der Waals surface area contributed by atoms with Crippen LogP contribution in [0.5, 0.6) is 11.5 Å². The number of amides is 1. The largest absolute Gasteiger partial charge is 0.496 e. The summed E-state index contributed by atoms with van der Waals surface area (Å²) in [7, 11) is 1.66. The number of carbonyl (C=O) groups is 1. The predicted octanol–water partition coefficient (Wildman–Crippen LogP) is 4.50. The highest BCUT2D eigenvalue weighted by Crippen LogP contribution is 2.34. The molecule has 1 atom stereocenters. The topological polar surface area (TPSA) is 63.7 Å². The number of hydrogen-bond donors (Lipinski definition) is 1. The van der Waals surface area contributed by atoms with Gasteiger partial charge in [-0.3, -0.25) is 14.7 Å². The summed E-state index contributed by atoms with van der Waals surface area (Å²) in [5.74, 6) is 1.58. The van der Waals surface area contributed by atoms with Crippen molar-refractivity contribution in [3.8, 4) is 11.5 Å². The molecule has 4 aromatic rings. The van der Waals surface area contributed by atoms with Crippen molar-refractivity contribution in [2.45, 2.75) is 19.2 Å². The second kappa shape index (κ2) is 9.93. The van der Waals surface area contributed by atoms with Crippen LogP contribution in [0.2, 0.25) is 0 Å². The van der Waals surface area contributed by atoms with Crippen molar-refractivity contribution >= 4 is 16.8 Å². The summed E-state index contributed by atoms with van der Waals surface area (Å²) in [4.78, 5) is 19.5. The minimum absolute atomic E-state index is 0.0358. The van der Waals surface area contributed by atoms with E-state index in [1.54, 1.807) is 7.11 Å². The SMILES string of the molecule is COc1ccccc1[C@@H]1CN(CC(=O)NCc2cnc3ccccc3c2)Cc2ccccc2O1. The van der Waals surface area contributed by atoms with E-state index in [4.69, 9.17) is 9.47 Å². The lowest BCUT2D eigenvalue weighted by molar-refractivity contribution is -0.122. The van der Waals surface area contributed by atoms with Gasteiger partial charge in [0, 0.05) is 42.3 Å². The average molecular weight is 454 g/mol. The third kappa shape index (κ3) is 4.87. The van der Waals surface area contributed by atoms with Crippen LogP contribution in [-0.4, -0.2) is 36.0 Å². The van der Waals surface area contributed by atoms with Crippen molar-refractivity contribution in [2.24, 2.45) is 0 Å². The normalized spacial score (nSPS) is 15.7. The van der Waals surface area contributed by atoms with E-state index in [1.165, 1.54) is 0 Å². The van der Waals surface area contributed by atoms with Gasteiger partial charge in [0.1, 0.15) is 17.6 Å². The molecule has 3 aromatic carbocycles. The van der Waals surface area contributed by atoms with Crippen molar-refractivity contribution in [3.05, 3.63) is 102 Å². The highest BCUT2D eigenvalue weighted by molar-refractivity contribution is 5.80. The van der Waals surface area contributed by atoms with Crippen LogP contribution in [0.15, 0.2) is 85.1 Å². The number of ether oxygens (including phenoxy) is 2. The van der Waals surface area contributed by atoms with Crippen LogP contribution < -0.4 is 14.8 Å². The maximum absolute atomic E-state index is 12.9. The Morgan fingerprint density at radius 3 is 2.79 bits per heavy atom. The number of benzene rings is 3. The quantitative estimate of drug-likeness (QED) is 0.466.